The molecule has 0 aliphatic carbocycles. The second-order valence-corrected chi connectivity index (χ2v) is 4.78. The molecule has 1 heterocycles. The number of aliphatic carboxylic acids is 1. The number of benzene rings is 1. The Morgan fingerprint density at radius 2 is 2.00 bits per heavy atom. The third-order valence-corrected chi connectivity index (χ3v) is 3.39. The van der Waals surface area contributed by atoms with Crippen LogP contribution < -0.4 is 0 Å². The monoisotopic (exact) mass is 233 g/mol. The molecular formula is C14H19NO2. The average Bonchev–Trinajstić information content (AvgIpc) is 2.26. The van der Waals surface area contributed by atoms with Gasteiger partial charge in [0.05, 0.1) is 6.42 Å². The molecule has 0 bridgehead atoms. The molecule has 0 amide bonds. The predicted octanol–water partition coefficient (Wildman–Crippen LogP) is 2.16. The Morgan fingerprint density at radius 3 is 2.59 bits per heavy atom. The fourth-order valence-corrected chi connectivity index (χ4v) is 2.48. The first kappa shape index (κ1) is 12.1. The van der Waals surface area contributed by atoms with Crippen LogP contribution in [-0.4, -0.2) is 29.1 Å². The first-order chi connectivity index (χ1) is 8.19. The molecule has 1 aromatic rings. The van der Waals surface area contributed by atoms with Gasteiger partial charge in [-0.3, -0.25) is 9.69 Å². The molecule has 0 unspecified atom stereocenters. The van der Waals surface area contributed by atoms with Gasteiger partial charge in [0.25, 0.3) is 0 Å². The van der Waals surface area contributed by atoms with E-state index in [0.29, 0.717) is 12.3 Å². The van der Waals surface area contributed by atoms with Crippen molar-refractivity contribution in [2.45, 2.75) is 26.3 Å². The van der Waals surface area contributed by atoms with Crippen molar-refractivity contribution in [3.8, 4) is 0 Å². The van der Waals surface area contributed by atoms with Crippen LogP contribution in [0.3, 0.4) is 0 Å². The number of aryl methyl sites for hydroxylation is 1. The van der Waals surface area contributed by atoms with E-state index in [-0.39, 0.29) is 0 Å². The van der Waals surface area contributed by atoms with Crippen molar-refractivity contribution >= 4 is 5.97 Å². The zero-order chi connectivity index (χ0) is 12.3. The molecule has 2 rings (SSSR count). The largest absolute Gasteiger partial charge is 0.481 e. The van der Waals surface area contributed by atoms with E-state index in [1.807, 2.05) is 0 Å². The van der Waals surface area contributed by atoms with Gasteiger partial charge in [-0.25, -0.2) is 0 Å². The van der Waals surface area contributed by atoms with Gasteiger partial charge in [0, 0.05) is 19.6 Å². The molecule has 1 aliphatic rings. The molecule has 1 N–H and O–H groups in total. The standard InChI is InChI=1S/C14H19NO2/c1-2-12-5-3-4-6-13(12)10-15-8-11(9-15)7-14(16)17/h3-6,11H,2,7-10H2,1H3,(H,16,17). The lowest BCUT2D eigenvalue weighted by Gasteiger charge is -2.39. The van der Waals surface area contributed by atoms with Crippen LogP contribution in [0.25, 0.3) is 0 Å². The van der Waals surface area contributed by atoms with Gasteiger partial charge in [0.2, 0.25) is 0 Å². The Balaban J connectivity index is 1.85. The molecule has 92 valence electrons. The molecule has 1 saturated heterocycles. The lowest BCUT2D eigenvalue weighted by molar-refractivity contribution is -0.139. The first-order valence-electron chi connectivity index (χ1n) is 6.20. The van der Waals surface area contributed by atoms with E-state index in [9.17, 15) is 4.79 Å². The molecule has 0 saturated carbocycles. The van der Waals surface area contributed by atoms with Gasteiger partial charge in [-0.2, -0.15) is 0 Å². The summed E-state index contributed by atoms with van der Waals surface area (Å²) in [4.78, 5) is 12.9. The third-order valence-electron chi connectivity index (χ3n) is 3.39. The number of likely N-dealkylation sites (tertiary alicyclic amines) is 1. The molecular weight excluding hydrogens is 214 g/mol. The number of carboxylic acids is 1. The van der Waals surface area contributed by atoms with Gasteiger partial charge in [0.15, 0.2) is 0 Å². The van der Waals surface area contributed by atoms with E-state index in [1.54, 1.807) is 0 Å². The highest BCUT2D eigenvalue weighted by atomic mass is 16.4. The number of nitrogens with zero attached hydrogens (tertiary/aromatic N) is 1. The Labute approximate surface area is 102 Å². The van der Waals surface area contributed by atoms with Crippen molar-refractivity contribution in [2.75, 3.05) is 13.1 Å². The van der Waals surface area contributed by atoms with E-state index < -0.39 is 5.97 Å². The average molecular weight is 233 g/mol. The number of carbonyl (C=O) groups is 1. The van der Waals surface area contributed by atoms with Crippen LogP contribution in [0, 0.1) is 5.92 Å². The van der Waals surface area contributed by atoms with Crippen molar-refractivity contribution in [1.29, 1.82) is 0 Å². The number of carboxylic acid groups (broad SMARTS) is 1. The van der Waals surface area contributed by atoms with Gasteiger partial charge in [-0.05, 0) is 23.5 Å². The summed E-state index contributed by atoms with van der Waals surface area (Å²) in [6, 6.07) is 8.49. The SMILES string of the molecule is CCc1ccccc1CN1CC(CC(=O)O)C1. The van der Waals surface area contributed by atoms with Crippen LogP contribution in [0.2, 0.25) is 0 Å². The minimum atomic E-state index is -0.677. The smallest absolute Gasteiger partial charge is 0.303 e. The fourth-order valence-electron chi connectivity index (χ4n) is 2.48. The number of hydrogen-bond donors (Lipinski definition) is 1. The summed E-state index contributed by atoms with van der Waals surface area (Å²) in [7, 11) is 0. The van der Waals surface area contributed by atoms with Crippen LogP contribution in [-0.2, 0) is 17.8 Å². The van der Waals surface area contributed by atoms with Crippen LogP contribution in [0.1, 0.15) is 24.5 Å². The number of hydrogen-bond acceptors (Lipinski definition) is 2. The summed E-state index contributed by atoms with van der Waals surface area (Å²) in [5.74, 6) is -0.329. The van der Waals surface area contributed by atoms with Gasteiger partial charge < -0.3 is 5.11 Å². The van der Waals surface area contributed by atoms with Crippen molar-refractivity contribution in [3.05, 3.63) is 35.4 Å². The first-order valence-corrected chi connectivity index (χ1v) is 6.20. The summed E-state index contributed by atoms with van der Waals surface area (Å²) in [5, 5.41) is 8.69. The van der Waals surface area contributed by atoms with Crippen LogP contribution >= 0.6 is 0 Å². The van der Waals surface area contributed by atoms with Crippen LogP contribution in [0.4, 0.5) is 0 Å². The molecule has 1 fully saturated rings. The lowest BCUT2D eigenvalue weighted by atomic mass is 9.95. The Kier molecular flexibility index (Phi) is 3.79. The summed E-state index contributed by atoms with van der Waals surface area (Å²) >= 11 is 0. The van der Waals surface area contributed by atoms with Gasteiger partial charge in [-0.15, -0.1) is 0 Å². The third kappa shape index (κ3) is 3.07. The molecule has 3 heteroatoms. The molecule has 0 spiro atoms. The molecule has 3 nitrogen and oxygen atoms in total. The van der Waals surface area contributed by atoms with Gasteiger partial charge in [-0.1, -0.05) is 31.2 Å². The topological polar surface area (TPSA) is 40.5 Å². The maximum Gasteiger partial charge on any atom is 0.303 e. The quantitative estimate of drug-likeness (QED) is 0.847. The minimum Gasteiger partial charge on any atom is -0.481 e. The van der Waals surface area contributed by atoms with Crippen molar-refractivity contribution in [3.63, 3.8) is 0 Å². The Hall–Kier alpha value is -1.35. The van der Waals surface area contributed by atoms with Gasteiger partial charge in [0.1, 0.15) is 0 Å². The Morgan fingerprint density at radius 1 is 1.35 bits per heavy atom. The van der Waals surface area contributed by atoms with E-state index in [4.69, 9.17) is 5.11 Å². The molecule has 1 aliphatic heterocycles. The molecule has 0 atom stereocenters. The Bertz CT molecular complexity index is 397. The molecule has 0 radical (unpaired) electrons. The van der Waals surface area contributed by atoms with E-state index in [1.165, 1.54) is 11.1 Å². The summed E-state index contributed by atoms with van der Waals surface area (Å²) in [6.45, 7) is 4.97. The van der Waals surface area contributed by atoms with Gasteiger partial charge >= 0.3 is 5.97 Å². The summed E-state index contributed by atoms with van der Waals surface area (Å²) < 4.78 is 0. The highest BCUT2D eigenvalue weighted by Gasteiger charge is 2.28. The van der Waals surface area contributed by atoms with Crippen molar-refractivity contribution in [2.24, 2.45) is 5.92 Å². The molecule has 1 aromatic carbocycles. The zero-order valence-electron chi connectivity index (χ0n) is 10.2. The van der Waals surface area contributed by atoms with Crippen LogP contribution in [0.5, 0.6) is 0 Å². The predicted molar refractivity (Wildman–Crippen MR) is 66.8 cm³/mol. The lowest BCUT2D eigenvalue weighted by Crippen LogP contribution is -2.46. The highest BCUT2D eigenvalue weighted by molar-refractivity contribution is 5.67. The summed E-state index contributed by atoms with van der Waals surface area (Å²) in [6.07, 6.45) is 1.37. The minimum absolute atomic E-state index is 0.311. The van der Waals surface area contributed by atoms with E-state index >= 15 is 0 Å². The molecule has 17 heavy (non-hydrogen) atoms. The maximum atomic E-state index is 10.5. The zero-order valence-corrected chi connectivity index (χ0v) is 10.2. The maximum absolute atomic E-state index is 10.5. The molecule has 0 aromatic heterocycles. The van der Waals surface area contributed by atoms with Crippen molar-refractivity contribution < 1.29 is 9.90 Å². The van der Waals surface area contributed by atoms with E-state index in [0.717, 1.165) is 26.1 Å². The van der Waals surface area contributed by atoms with Crippen molar-refractivity contribution in [1.82, 2.24) is 4.90 Å². The van der Waals surface area contributed by atoms with Crippen LogP contribution in [0.15, 0.2) is 24.3 Å². The van der Waals surface area contributed by atoms with E-state index in [2.05, 4.69) is 36.1 Å². The summed E-state index contributed by atoms with van der Waals surface area (Å²) in [5.41, 5.74) is 2.78. The fraction of sp³-hybridized carbons (Fsp3) is 0.500. The second kappa shape index (κ2) is 5.32. The number of rotatable bonds is 5. The highest BCUT2D eigenvalue weighted by Crippen LogP contribution is 2.22. The normalized spacial score (nSPS) is 16.8. The second-order valence-electron chi connectivity index (χ2n) is 4.78.